The Balaban J connectivity index is 2.40. The Morgan fingerprint density at radius 1 is 1.20 bits per heavy atom. The molecule has 2 rings (SSSR count). The van der Waals surface area contributed by atoms with Crippen LogP contribution in [0, 0.1) is 10.1 Å². The number of nitro groups is 1. The van der Waals surface area contributed by atoms with Crippen LogP contribution in [0.2, 0.25) is 0 Å². The summed E-state index contributed by atoms with van der Waals surface area (Å²) in [5, 5.41) is 14.9. The van der Waals surface area contributed by atoms with Crippen molar-refractivity contribution >= 4 is 17.3 Å². The van der Waals surface area contributed by atoms with Crippen molar-refractivity contribution in [3.8, 4) is 0 Å². The number of nitrogens with zero attached hydrogens (tertiary/aromatic N) is 1. The van der Waals surface area contributed by atoms with Crippen LogP contribution in [0.15, 0.2) is 36.4 Å². The maximum absolute atomic E-state index is 11.7. The first-order valence-corrected chi connectivity index (χ1v) is 8.40. The average molecular weight is 341 g/mol. The van der Waals surface area contributed by atoms with Crippen LogP contribution in [0.1, 0.15) is 40.9 Å². The van der Waals surface area contributed by atoms with E-state index in [0.29, 0.717) is 30.6 Å². The molecule has 2 aromatic carbocycles. The lowest BCUT2D eigenvalue weighted by Crippen LogP contribution is -2.18. The van der Waals surface area contributed by atoms with E-state index in [1.165, 1.54) is 0 Å². The number of carbonyl (C=O) groups excluding carboxylic acids is 1. The predicted octanol–water partition coefficient (Wildman–Crippen LogP) is 3.47. The maximum Gasteiger partial charge on any atom is 0.296 e. The summed E-state index contributed by atoms with van der Waals surface area (Å²) in [6.07, 6.45) is 1.69. The zero-order valence-electron chi connectivity index (χ0n) is 14.5. The second-order valence-electron chi connectivity index (χ2n) is 5.78. The van der Waals surface area contributed by atoms with Crippen molar-refractivity contribution in [1.82, 2.24) is 0 Å². The van der Waals surface area contributed by atoms with Gasteiger partial charge in [0.15, 0.2) is 0 Å². The van der Waals surface area contributed by atoms with Crippen molar-refractivity contribution in [1.29, 1.82) is 0 Å². The Kier molecular flexibility index (Phi) is 6.11. The number of aryl methyl sites for hydroxylation is 1. The second-order valence-corrected chi connectivity index (χ2v) is 5.78. The van der Waals surface area contributed by atoms with E-state index in [1.54, 1.807) is 13.0 Å². The normalized spacial score (nSPS) is 10.5. The van der Waals surface area contributed by atoms with Gasteiger partial charge in [0.2, 0.25) is 5.91 Å². The van der Waals surface area contributed by atoms with Gasteiger partial charge < -0.3 is 11.1 Å². The number of nitrogens with two attached hydrogens (primary N) is 1. The van der Waals surface area contributed by atoms with Crippen LogP contribution in [0.3, 0.4) is 0 Å². The van der Waals surface area contributed by atoms with Gasteiger partial charge in [0.05, 0.1) is 4.92 Å². The van der Waals surface area contributed by atoms with Gasteiger partial charge in [0, 0.05) is 17.7 Å². The Labute approximate surface area is 147 Å². The molecule has 0 heterocycles. The first kappa shape index (κ1) is 18.4. The lowest BCUT2D eigenvalue weighted by Gasteiger charge is -2.16. The van der Waals surface area contributed by atoms with Gasteiger partial charge in [0.25, 0.3) is 5.69 Å². The molecular formula is C19H23N3O3. The fourth-order valence-corrected chi connectivity index (χ4v) is 3.00. The van der Waals surface area contributed by atoms with E-state index in [1.807, 2.05) is 37.3 Å². The van der Waals surface area contributed by atoms with E-state index in [4.69, 9.17) is 5.73 Å². The molecule has 0 aromatic heterocycles. The van der Waals surface area contributed by atoms with Crippen LogP contribution in [-0.2, 0) is 19.3 Å². The Bertz CT molecular complexity index is 773. The van der Waals surface area contributed by atoms with Crippen molar-refractivity contribution < 1.29 is 9.72 Å². The highest BCUT2D eigenvalue weighted by Gasteiger charge is 2.26. The van der Waals surface area contributed by atoms with Crippen LogP contribution in [0.25, 0.3) is 0 Å². The number of rotatable bonds is 8. The second kappa shape index (κ2) is 8.28. The molecule has 0 bridgehead atoms. The summed E-state index contributed by atoms with van der Waals surface area (Å²) in [4.78, 5) is 23.0. The molecule has 0 aliphatic heterocycles. The minimum Gasteiger partial charge on any atom is -0.379 e. The highest BCUT2D eigenvalue weighted by molar-refractivity contribution is 5.97. The number of amides is 1. The fraction of sp³-hybridized carbons (Fsp3) is 0.316. The Morgan fingerprint density at radius 2 is 1.88 bits per heavy atom. The first-order valence-electron chi connectivity index (χ1n) is 8.40. The SMILES string of the molecule is CCc1cc(C(N)=O)c(CC)c([N+](=O)[O-])c1NCCc1ccccc1. The minimum absolute atomic E-state index is 0.0382. The van der Waals surface area contributed by atoms with Gasteiger partial charge in [0.1, 0.15) is 5.69 Å². The quantitative estimate of drug-likeness (QED) is 0.567. The summed E-state index contributed by atoms with van der Waals surface area (Å²) in [6, 6.07) is 11.6. The lowest BCUT2D eigenvalue weighted by atomic mass is 9.95. The van der Waals surface area contributed by atoms with Crippen LogP contribution >= 0.6 is 0 Å². The first-order chi connectivity index (χ1) is 12.0. The zero-order valence-corrected chi connectivity index (χ0v) is 14.5. The average Bonchev–Trinajstić information content (AvgIpc) is 2.61. The van der Waals surface area contributed by atoms with E-state index in [2.05, 4.69) is 5.32 Å². The molecule has 0 saturated heterocycles. The summed E-state index contributed by atoms with van der Waals surface area (Å²) in [6.45, 7) is 4.25. The number of hydrogen-bond donors (Lipinski definition) is 2. The lowest BCUT2D eigenvalue weighted by molar-refractivity contribution is -0.384. The van der Waals surface area contributed by atoms with E-state index in [9.17, 15) is 14.9 Å². The summed E-state index contributed by atoms with van der Waals surface area (Å²) in [5.74, 6) is -0.634. The number of benzene rings is 2. The zero-order chi connectivity index (χ0) is 18.4. The summed E-state index contributed by atoms with van der Waals surface area (Å²) in [7, 11) is 0. The number of anilines is 1. The van der Waals surface area contributed by atoms with E-state index >= 15 is 0 Å². The van der Waals surface area contributed by atoms with E-state index in [0.717, 1.165) is 17.5 Å². The van der Waals surface area contributed by atoms with Crippen molar-refractivity contribution in [3.05, 3.63) is 68.8 Å². The molecule has 0 spiro atoms. The molecule has 0 saturated carbocycles. The van der Waals surface area contributed by atoms with Crippen molar-refractivity contribution in [3.63, 3.8) is 0 Å². The van der Waals surface area contributed by atoms with Gasteiger partial charge in [-0.1, -0.05) is 44.2 Å². The van der Waals surface area contributed by atoms with Gasteiger partial charge in [-0.2, -0.15) is 0 Å². The molecular weight excluding hydrogens is 318 g/mol. The van der Waals surface area contributed by atoms with Gasteiger partial charge in [-0.05, 0) is 36.5 Å². The molecule has 6 heteroatoms. The molecule has 2 aromatic rings. The predicted molar refractivity (Wildman–Crippen MR) is 99.0 cm³/mol. The van der Waals surface area contributed by atoms with Crippen molar-refractivity contribution in [2.24, 2.45) is 5.73 Å². The third kappa shape index (κ3) is 4.15. The molecule has 3 N–H and O–H groups in total. The van der Waals surface area contributed by atoms with Gasteiger partial charge in [-0.25, -0.2) is 0 Å². The third-order valence-electron chi connectivity index (χ3n) is 4.23. The van der Waals surface area contributed by atoms with Gasteiger partial charge in [-0.15, -0.1) is 0 Å². The largest absolute Gasteiger partial charge is 0.379 e. The fourth-order valence-electron chi connectivity index (χ4n) is 3.00. The number of nitro benzene ring substituents is 1. The Morgan fingerprint density at radius 3 is 2.40 bits per heavy atom. The number of primary amides is 1. The monoisotopic (exact) mass is 341 g/mol. The van der Waals surface area contributed by atoms with Crippen molar-refractivity contribution in [2.75, 3.05) is 11.9 Å². The van der Waals surface area contributed by atoms with Crippen molar-refractivity contribution in [2.45, 2.75) is 33.1 Å². The van der Waals surface area contributed by atoms with Gasteiger partial charge in [-0.3, -0.25) is 14.9 Å². The molecule has 25 heavy (non-hydrogen) atoms. The number of nitrogens with one attached hydrogen (secondary N) is 1. The summed E-state index contributed by atoms with van der Waals surface area (Å²) >= 11 is 0. The van der Waals surface area contributed by atoms with Crippen LogP contribution in [0.5, 0.6) is 0 Å². The molecule has 0 aliphatic carbocycles. The summed E-state index contributed by atoms with van der Waals surface area (Å²) in [5.41, 5.74) is 8.38. The molecule has 6 nitrogen and oxygen atoms in total. The van der Waals surface area contributed by atoms with Crippen LogP contribution < -0.4 is 11.1 Å². The molecule has 0 aliphatic rings. The van der Waals surface area contributed by atoms with Gasteiger partial charge >= 0.3 is 0 Å². The third-order valence-corrected chi connectivity index (χ3v) is 4.23. The molecule has 0 fully saturated rings. The molecule has 0 unspecified atom stereocenters. The minimum atomic E-state index is -0.634. The smallest absolute Gasteiger partial charge is 0.296 e. The Hall–Kier alpha value is -2.89. The van der Waals surface area contributed by atoms with Crippen LogP contribution in [-0.4, -0.2) is 17.4 Å². The molecule has 0 atom stereocenters. The molecule has 1 amide bonds. The standard InChI is InChI=1S/C19H23N3O3/c1-3-14-12-16(19(20)23)15(4-2)18(22(24)25)17(14)21-11-10-13-8-6-5-7-9-13/h5-9,12,21H,3-4,10-11H2,1-2H3,(H2,20,23). The highest BCUT2D eigenvalue weighted by Crippen LogP contribution is 2.35. The topological polar surface area (TPSA) is 98.3 Å². The molecule has 132 valence electrons. The van der Waals surface area contributed by atoms with E-state index < -0.39 is 10.8 Å². The van der Waals surface area contributed by atoms with E-state index in [-0.39, 0.29) is 11.3 Å². The number of hydrogen-bond acceptors (Lipinski definition) is 4. The highest BCUT2D eigenvalue weighted by atomic mass is 16.6. The summed E-state index contributed by atoms with van der Waals surface area (Å²) < 4.78 is 0. The molecule has 0 radical (unpaired) electrons. The maximum atomic E-state index is 11.7. The number of carbonyl (C=O) groups is 1. The van der Waals surface area contributed by atoms with Crippen LogP contribution in [0.4, 0.5) is 11.4 Å².